The molecule has 0 nitrogen and oxygen atoms in total. The molecule has 0 heterocycles. The molecule has 0 fully saturated rings. The molecule has 1 aromatic carbocycles. The summed E-state index contributed by atoms with van der Waals surface area (Å²) < 4.78 is 30.7. The predicted molar refractivity (Wildman–Crippen MR) is 45.2 cm³/mol. The SMILES string of the molecule is [2H]c1c([2H])c(CC)c([2H])c([2H])c1CC. The topological polar surface area (TPSA) is 0 Å². The highest BCUT2D eigenvalue weighted by molar-refractivity contribution is 5.22. The largest absolute Gasteiger partial charge is 0.0626 e. The molecule has 0 radical (unpaired) electrons. The van der Waals surface area contributed by atoms with Gasteiger partial charge in [-0.2, -0.15) is 0 Å². The van der Waals surface area contributed by atoms with Gasteiger partial charge < -0.3 is 0 Å². The van der Waals surface area contributed by atoms with E-state index in [-0.39, 0.29) is 24.2 Å². The number of hydrogen-bond donors (Lipinski definition) is 0. The lowest BCUT2D eigenvalue weighted by atomic mass is 10.1. The van der Waals surface area contributed by atoms with Crippen molar-refractivity contribution < 1.29 is 5.48 Å². The Morgan fingerprint density at radius 1 is 1.00 bits per heavy atom. The van der Waals surface area contributed by atoms with Gasteiger partial charge in [0.15, 0.2) is 0 Å². The number of rotatable bonds is 2. The van der Waals surface area contributed by atoms with Crippen LogP contribution in [0.25, 0.3) is 0 Å². The minimum atomic E-state index is 0.116. The molecule has 0 aromatic heterocycles. The number of benzene rings is 1. The van der Waals surface area contributed by atoms with E-state index < -0.39 is 0 Å². The van der Waals surface area contributed by atoms with E-state index in [0.29, 0.717) is 24.0 Å². The molecule has 0 atom stereocenters. The van der Waals surface area contributed by atoms with Crippen LogP contribution in [0, 0.1) is 0 Å². The Kier molecular flexibility index (Phi) is 1.21. The van der Waals surface area contributed by atoms with Crippen LogP contribution in [-0.2, 0) is 12.8 Å². The van der Waals surface area contributed by atoms with E-state index in [1.54, 1.807) is 0 Å². The third-order valence-corrected chi connectivity index (χ3v) is 1.44. The third kappa shape index (κ3) is 1.60. The summed E-state index contributed by atoms with van der Waals surface area (Å²) in [6.07, 6.45) is 1.08. The van der Waals surface area contributed by atoms with Crippen LogP contribution in [0.5, 0.6) is 0 Å². The summed E-state index contributed by atoms with van der Waals surface area (Å²) in [7, 11) is 0. The van der Waals surface area contributed by atoms with Crippen molar-refractivity contribution in [2.75, 3.05) is 0 Å². The molecule has 54 valence electrons. The van der Waals surface area contributed by atoms with Gasteiger partial charge in [-0.1, -0.05) is 38.0 Å². The maximum absolute atomic E-state index is 7.69. The van der Waals surface area contributed by atoms with Crippen molar-refractivity contribution in [1.29, 1.82) is 0 Å². The normalized spacial score (nSPS) is 15.4. The van der Waals surface area contributed by atoms with E-state index in [1.807, 2.05) is 13.8 Å². The molecule has 10 heavy (non-hydrogen) atoms. The van der Waals surface area contributed by atoms with E-state index >= 15 is 0 Å². The first kappa shape index (κ1) is 3.56. The van der Waals surface area contributed by atoms with E-state index in [1.165, 1.54) is 0 Å². The lowest BCUT2D eigenvalue weighted by Gasteiger charge is -1.97. The molecule has 0 amide bonds. The van der Waals surface area contributed by atoms with Crippen LogP contribution in [0.15, 0.2) is 24.2 Å². The highest BCUT2D eigenvalue weighted by atomic mass is 13.9. The van der Waals surface area contributed by atoms with Crippen LogP contribution < -0.4 is 0 Å². The molecule has 0 saturated carbocycles. The first-order chi connectivity index (χ1) is 6.54. The third-order valence-electron chi connectivity index (χ3n) is 1.44. The zero-order chi connectivity index (χ0) is 10.9. The van der Waals surface area contributed by atoms with Gasteiger partial charge in [0.05, 0.1) is 5.48 Å². The molecule has 0 N–H and O–H groups in total. The Morgan fingerprint density at radius 3 is 1.50 bits per heavy atom. The first-order valence-corrected chi connectivity index (χ1v) is 3.62. The second-order valence-electron chi connectivity index (χ2n) is 2.16. The molecule has 0 heteroatoms. The highest BCUT2D eigenvalue weighted by Gasteiger charge is 1.88. The molecule has 0 spiro atoms. The van der Waals surface area contributed by atoms with Crippen molar-refractivity contribution in [2.24, 2.45) is 0 Å². The van der Waals surface area contributed by atoms with Gasteiger partial charge in [0.25, 0.3) is 0 Å². The van der Waals surface area contributed by atoms with Crippen LogP contribution >= 0.6 is 0 Å². The summed E-state index contributed by atoms with van der Waals surface area (Å²) in [6.45, 7) is 3.69. The molecule has 0 aliphatic heterocycles. The van der Waals surface area contributed by atoms with Crippen molar-refractivity contribution in [2.45, 2.75) is 26.7 Å². The van der Waals surface area contributed by atoms with Gasteiger partial charge in [-0.3, -0.25) is 0 Å². The summed E-state index contributed by atoms with van der Waals surface area (Å²) in [6, 6.07) is 0.464. The minimum absolute atomic E-state index is 0.116. The van der Waals surface area contributed by atoms with Gasteiger partial charge in [-0.05, 0) is 24.0 Å². The van der Waals surface area contributed by atoms with Crippen LogP contribution in [0.1, 0.15) is 30.5 Å². The lowest BCUT2D eigenvalue weighted by molar-refractivity contribution is 1.10. The van der Waals surface area contributed by atoms with Gasteiger partial charge in [0.1, 0.15) is 0 Å². The summed E-state index contributed by atoms with van der Waals surface area (Å²) >= 11 is 0. The second kappa shape index (κ2) is 3.40. The van der Waals surface area contributed by atoms with Crippen molar-refractivity contribution in [3.8, 4) is 0 Å². The molecular formula is C10H14. The van der Waals surface area contributed by atoms with E-state index in [2.05, 4.69) is 0 Å². The zero-order valence-corrected chi connectivity index (χ0v) is 6.41. The van der Waals surface area contributed by atoms with Crippen LogP contribution in [0.2, 0.25) is 0 Å². The van der Waals surface area contributed by atoms with Crippen LogP contribution in [0.3, 0.4) is 0 Å². The summed E-state index contributed by atoms with van der Waals surface area (Å²) in [4.78, 5) is 0. The summed E-state index contributed by atoms with van der Waals surface area (Å²) in [5.41, 5.74) is 1.02. The van der Waals surface area contributed by atoms with Gasteiger partial charge >= 0.3 is 0 Å². The van der Waals surface area contributed by atoms with E-state index in [4.69, 9.17) is 5.48 Å². The summed E-state index contributed by atoms with van der Waals surface area (Å²) in [5.74, 6) is 0. The fourth-order valence-corrected chi connectivity index (χ4v) is 0.718. The van der Waals surface area contributed by atoms with Gasteiger partial charge in [0, 0.05) is 0 Å². The van der Waals surface area contributed by atoms with Crippen LogP contribution in [0.4, 0.5) is 0 Å². The maximum atomic E-state index is 7.69. The maximum Gasteiger partial charge on any atom is 0.0626 e. The average molecular weight is 138 g/mol. The summed E-state index contributed by atoms with van der Waals surface area (Å²) in [5, 5.41) is 0. The van der Waals surface area contributed by atoms with Gasteiger partial charge in [0.2, 0.25) is 0 Å². The van der Waals surface area contributed by atoms with Crippen molar-refractivity contribution in [1.82, 2.24) is 0 Å². The molecule has 1 aromatic rings. The van der Waals surface area contributed by atoms with Crippen molar-refractivity contribution >= 4 is 0 Å². The molecule has 0 aliphatic rings. The first-order valence-electron chi connectivity index (χ1n) is 5.62. The Morgan fingerprint density at radius 2 is 1.30 bits per heavy atom. The Balaban J connectivity index is 3.55. The predicted octanol–water partition coefficient (Wildman–Crippen LogP) is 2.81. The average Bonchev–Trinajstić information content (AvgIpc) is 2.17. The van der Waals surface area contributed by atoms with Crippen LogP contribution in [-0.4, -0.2) is 0 Å². The standard InChI is InChI=1S/C10H14/c1-3-9-5-7-10(4-2)8-6-9/h5-8H,3-4H2,1-2H3/i5D,6D,7D,8D. The lowest BCUT2D eigenvalue weighted by Crippen LogP contribution is -1.81. The van der Waals surface area contributed by atoms with Crippen molar-refractivity contribution in [3.63, 3.8) is 0 Å². The van der Waals surface area contributed by atoms with Crippen molar-refractivity contribution in [3.05, 3.63) is 35.3 Å². The van der Waals surface area contributed by atoms with E-state index in [0.717, 1.165) is 0 Å². The van der Waals surface area contributed by atoms with E-state index in [9.17, 15) is 0 Å². The Bertz CT molecular complexity index is 294. The van der Waals surface area contributed by atoms with Gasteiger partial charge in [-0.15, -0.1) is 0 Å². The Hall–Kier alpha value is -0.780. The quantitative estimate of drug-likeness (QED) is 0.589. The molecule has 0 unspecified atom stereocenters. The molecule has 0 bridgehead atoms. The molecule has 1 rings (SSSR count). The molecular weight excluding hydrogens is 120 g/mol. The second-order valence-corrected chi connectivity index (χ2v) is 2.16. The fraction of sp³-hybridized carbons (Fsp3) is 0.400. The smallest absolute Gasteiger partial charge is 0.0613 e. The zero-order valence-electron chi connectivity index (χ0n) is 10.4. The molecule has 0 saturated heterocycles. The van der Waals surface area contributed by atoms with Gasteiger partial charge in [-0.25, -0.2) is 0 Å². The fourth-order valence-electron chi connectivity index (χ4n) is 0.718. The molecule has 0 aliphatic carbocycles. The highest BCUT2D eigenvalue weighted by Crippen LogP contribution is 2.04. The Labute approximate surface area is 68.5 Å². The number of hydrogen-bond acceptors (Lipinski definition) is 0. The monoisotopic (exact) mass is 138 g/mol. The minimum Gasteiger partial charge on any atom is -0.0613 e.